The molecule has 4 saturated carbocycles. The minimum atomic E-state index is 0.0556. The summed E-state index contributed by atoms with van der Waals surface area (Å²) in [6, 6.07) is 0. The molecular weight excluding hydrogens is 432 g/mol. The maximum Gasteiger partial charge on any atom is 0.306 e. The maximum atomic E-state index is 12.7. The Balaban J connectivity index is 1.19. The number of carbonyl (C=O) groups excluding carboxylic acids is 2. The van der Waals surface area contributed by atoms with Crippen LogP contribution in [0.3, 0.4) is 0 Å². The second-order valence-corrected chi connectivity index (χ2v) is 13.4. The van der Waals surface area contributed by atoms with Crippen LogP contribution in [0.4, 0.5) is 0 Å². The highest BCUT2D eigenvalue weighted by molar-refractivity contribution is 5.79. The molecular formula is C32H54O3. The molecule has 4 rings (SSSR count). The molecule has 1 unspecified atom stereocenters. The van der Waals surface area contributed by atoms with E-state index in [1.165, 1.54) is 89.9 Å². The van der Waals surface area contributed by atoms with E-state index >= 15 is 0 Å². The first-order chi connectivity index (χ1) is 16.9. The van der Waals surface area contributed by atoms with Gasteiger partial charge in [0.25, 0.3) is 0 Å². The number of ketones is 1. The summed E-state index contributed by atoms with van der Waals surface area (Å²) in [5.41, 5.74) is 0.532. The van der Waals surface area contributed by atoms with Gasteiger partial charge in [-0.05, 0) is 80.5 Å². The van der Waals surface area contributed by atoms with Crippen LogP contribution < -0.4 is 0 Å². The molecule has 3 heteroatoms. The van der Waals surface area contributed by atoms with Crippen molar-refractivity contribution in [1.29, 1.82) is 0 Å². The highest BCUT2D eigenvalue weighted by Crippen LogP contribution is 2.66. The second-order valence-electron chi connectivity index (χ2n) is 13.4. The Hall–Kier alpha value is -0.860. The number of rotatable bonds is 12. The van der Waals surface area contributed by atoms with Crippen molar-refractivity contribution >= 4 is 11.8 Å². The number of hydrogen-bond acceptors (Lipinski definition) is 3. The van der Waals surface area contributed by atoms with Crippen LogP contribution in [0, 0.1) is 34.5 Å². The lowest BCUT2D eigenvalue weighted by molar-refractivity contribution is -0.164. The molecule has 0 heterocycles. The van der Waals surface area contributed by atoms with Crippen molar-refractivity contribution in [2.24, 2.45) is 34.5 Å². The molecule has 7 atom stereocenters. The molecule has 3 nitrogen and oxygen atoms in total. The third kappa shape index (κ3) is 6.01. The molecule has 0 aliphatic heterocycles. The number of hydrogen-bond donors (Lipinski definition) is 0. The van der Waals surface area contributed by atoms with Crippen molar-refractivity contribution in [2.45, 2.75) is 155 Å². The lowest BCUT2D eigenvalue weighted by Gasteiger charge is -2.60. The van der Waals surface area contributed by atoms with Crippen LogP contribution in [-0.4, -0.2) is 17.9 Å². The monoisotopic (exact) mass is 486 g/mol. The minimum absolute atomic E-state index is 0.0556. The third-order valence-electron chi connectivity index (χ3n) is 11.4. The fraction of sp³-hybridized carbons (Fsp3) is 0.938. The highest BCUT2D eigenvalue weighted by Gasteiger charge is 2.61. The lowest BCUT2D eigenvalue weighted by Crippen LogP contribution is -2.54. The van der Waals surface area contributed by atoms with E-state index in [4.69, 9.17) is 4.74 Å². The zero-order chi connectivity index (χ0) is 24.9. The molecule has 4 aliphatic carbocycles. The van der Waals surface area contributed by atoms with Crippen LogP contribution in [-0.2, 0) is 14.3 Å². The van der Waals surface area contributed by atoms with Crippen molar-refractivity contribution in [3.63, 3.8) is 0 Å². The first-order valence-electron chi connectivity index (χ1n) is 15.6. The summed E-state index contributed by atoms with van der Waals surface area (Å²) in [5.74, 6) is 3.42. The number of esters is 1. The third-order valence-corrected chi connectivity index (χ3v) is 11.4. The van der Waals surface area contributed by atoms with Gasteiger partial charge < -0.3 is 4.74 Å². The van der Waals surface area contributed by atoms with Gasteiger partial charge in [-0.15, -0.1) is 0 Å². The van der Waals surface area contributed by atoms with Crippen LogP contribution >= 0.6 is 0 Å². The number of Topliss-reactive ketones (excluding diaryl/α,β-unsaturated/α-hetero) is 1. The van der Waals surface area contributed by atoms with Gasteiger partial charge in [-0.1, -0.05) is 78.6 Å². The van der Waals surface area contributed by atoms with E-state index in [0.29, 0.717) is 29.5 Å². The fourth-order valence-electron chi connectivity index (χ4n) is 9.17. The van der Waals surface area contributed by atoms with Crippen LogP contribution in [0.25, 0.3) is 0 Å². The molecule has 0 amide bonds. The Labute approximate surface area is 215 Å². The molecule has 0 N–H and O–H groups in total. The van der Waals surface area contributed by atoms with Crippen LogP contribution in [0.2, 0.25) is 0 Å². The van der Waals surface area contributed by atoms with Gasteiger partial charge >= 0.3 is 5.97 Å². The van der Waals surface area contributed by atoms with Crippen LogP contribution in [0.15, 0.2) is 0 Å². The number of ether oxygens (including phenoxy) is 1. The first kappa shape index (κ1) is 27.2. The fourth-order valence-corrected chi connectivity index (χ4v) is 9.17. The Morgan fingerprint density at radius 2 is 1.46 bits per heavy atom. The van der Waals surface area contributed by atoms with Gasteiger partial charge in [-0.3, -0.25) is 9.59 Å². The van der Waals surface area contributed by atoms with Gasteiger partial charge in [0.15, 0.2) is 0 Å². The minimum Gasteiger partial charge on any atom is -0.462 e. The summed E-state index contributed by atoms with van der Waals surface area (Å²) >= 11 is 0. The highest BCUT2D eigenvalue weighted by atomic mass is 16.5. The number of carbonyl (C=O) groups is 2. The predicted octanol–water partition coefficient (Wildman–Crippen LogP) is 8.82. The van der Waals surface area contributed by atoms with E-state index in [0.717, 1.165) is 43.9 Å². The molecule has 0 radical (unpaired) electrons. The van der Waals surface area contributed by atoms with Gasteiger partial charge in [0.2, 0.25) is 0 Å². The average molecular weight is 487 g/mol. The van der Waals surface area contributed by atoms with E-state index in [1.807, 2.05) is 0 Å². The summed E-state index contributed by atoms with van der Waals surface area (Å²) in [6.45, 7) is 7.23. The molecule has 0 bridgehead atoms. The van der Waals surface area contributed by atoms with Crippen molar-refractivity contribution in [3.05, 3.63) is 0 Å². The lowest BCUT2D eigenvalue weighted by atomic mass is 9.45. The van der Waals surface area contributed by atoms with Crippen LogP contribution in [0.5, 0.6) is 0 Å². The average Bonchev–Trinajstić information content (AvgIpc) is 3.16. The Morgan fingerprint density at radius 1 is 0.800 bits per heavy atom. The zero-order valence-corrected chi connectivity index (χ0v) is 23.3. The largest absolute Gasteiger partial charge is 0.462 e. The van der Waals surface area contributed by atoms with E-state index in [1.54, 1.807) is 0 Å². The molecule has 0 aromatic heterocycles. The first-order valence-corrected chi connectivity index (χ1v) is 15.6. The zero-order valence-electron chi connectivity index (χ0n) is 23.3. The number of unbranched alkanes of at least 4 members (excludes halogenated alkanes) is 9. The second kappa shape index (κ2) is 12.1. The van der Waals surface area contributed by atoms with Gasteiger partial charge in [0.1, 0.15) is 11.9 Å². The molecule has 4 fully saturated rings. The van der Waals surface area contributed by atoms with Crippen molar-refractivity contribution in [3.8, 4) is 0 Å². The smallest absolute Gasteiger partial charge is 0.306 e. The molecule has 0 aromatic carbocycles. The van der Waals surface area contributed by atoms with Gasteiger partial charge in [-0.2, -0.15) is 0 Å². The van der Waals surface area contributed by atoms with Crippen LogP contribution in [0.1, 0.15) is 149 Å². The summed E-state index contributed by atoms with van der Waals surface area (Å²) in [6.07, 6.45) is 23.7. The van der Waals surface area contributed by atoms with E-state index < -0.39 is 0 Å². The molecule has 0 spiro atoms. The Bertz CT molecular complexity index is 716. The molecule has 0 saturated heterocycles. The van der Waals surface area contributed by atoms with E-state index in [2.05, 4.69) is 20.8 Å². The van der Waals surface area contributed by atoms with Gasteiger partial charge in [0, 0.05) is 24.7 Å². The van der Waals surface area contributed by atoms with Crippen molar-refractivity contribution in [2.75, 3.05) is 0 Å². The topological polar surface area (TPSA) is 43.4 Å². The van der Waals surface area contributed by atoms with Gasteiger partial charge in [-0.25, -0.2) is 0 Å². The Morgan fingerprint density at radius 3 is 2.17 bits per heavy atom. The molecule has 0 aromatic rings. The van der Waals surface area contributed by atoms with Crippen molar-refractivity contribution in [1.82, 2.24) is 0 Å². The number of fused-ring (bicyclic) bond motifs is 5. The normalized spacial score (nSPS) is 38.5. The molecule has 35 heavy (non-hydrogen) atoms. The summed E-state index contributed by atoms with van der Waals surface area (Å²) in [5, 5.41) is 0. The quantitative estimate of drug-likeness (QED) is 0.204. The van der Waals surface area contributed by atoms with Crippen molar-refractivity contribution < 1.29 is 14.3 Å². The maximum absolute atomic E-state index is 12.7. The molecule has 200 valence electrons. The standard InChI is InChI=1S/C32H54O3/c1-4-5-6-7-8-9-10-11-12-13-14-30(34)35-29-18-17-27-26-16-15-24-23-25(33)19-21-31(24,2)28(26)20-22-32(27,29)3/h24,26-29H,4-23H2,1-3H3/t24?,26-,27-,28-,29-,31-,32-/m0/s1. The summed E-state index contributed by atoms with van der Waals surface area (Å²) in [7, 11) is 0. The Kier molecular flexibility index (Phi) is 9.41. The summed E-state index contributed by atoms with van der Waals surface area (Å²) in [4.78, 5) is 24.9. The summed E-state index contributed by atoms with van der Waals surface area (Å²) < 4.78 is 6.21. The van der Waals surface area contributed by atoms with Gasteiger partial charge in [0.05, 0.1) is 0 Å². The van der Waals surface area contributed by atoms with E-state index in [-0.39, 0.29) is 17.5 Å². The SMILES string of the molecule is CCCCCCCCCCCCC(=O)O[C@H]1CC[C@H]2[C@@H]3CCC4CC(=O)CC[C@]4(C)[C@H]3CC[C@]12C. The molecule has 4 aliphatic rings. The predicted molar refractivity (Wildman–Crippen MR) is 143 cm³/mol. The van der Waals surface area contributed by atoms with E-state index in [9.17, 15) is 9.59 Å².